The SMILES string of the molecule is CCCC(O)CNCc1ccsc1C(=O)O. The Hall–Kier alpha value is -0.910. The number of carboxylic acids is 1. The molecular formula is C11H17NO3S. The first kappa shape index (κ1) is 13.2. The maximum atomic E-state index is 10.8. The summed E-state index contributed by atoms with van der Waals surface area (Å²) in [7, 11) is 0. The number of carbonyl (C=O) groups is 1. The normalized spacial score (nSPS) is 12.6. The molecule has 0 radical (unpaired) electrons. The van der Waals surface area contributed by atoms with Crippen LogP contribution in [0.15, 0.2) is 11.4 Å². The smallest absolute Gasteiger partial charge is 0.346 e. The molecule has 0 bridgehead atoms. The number of hydrogen-bond acceptors (Lipinski definition) is 4. The first-order valence-electron chi connectivity index (χ1n) is 5.33. The molecule has 0 saturated carbocycles. The van der Waals surface area contributed by atoms with Crippen LogP contribution in [0, 0.1) is 0 Å². The average Bonchev–Trinajstić information content (AvgIpc) is 2.66. The molecule has 0 spiro atoms. The lowest BCUT2D eigenvalue weighted by Crippen LogP contribution is -2.26. The highest BCUT2D eigenvalue weighted by Crippen LogP contribution is 2.16. The van der Waals surface area contributed by atoms with Crippen molar-refractivity contribution in [3.05, 3.63) is 21.9 Å². The molecule has 0 aliphatic carbocycles. The van der Waals surface area contributed by atoms with Crippen molar-refractivity contribution in [2.45, 2.75) is 32.4 Å². The zero-order valence-electron chi connectivity index (χ0n) is 9.27. The topological polar surface area (TPSA) is 69.6 Å². The Bertz CT molecular complexity index is 338. The van der Waals surface area contributed by atoms with E-state index in [1.54, 1.807) is 11.4 Å². The van der Waals surface area contributed by atoms with Gasteiger partial charge in [0.05, 0.1) is 6.10 Å². The summed E-state index contributed by atoms with van der Waals surface area (Å²) in [5.74, 6) is -0.888. The number of aliphatic hydroxyl groups is 1. The van der Waals surface area contributed by atoms with Crippen LogP contribution in [0.2, 0.25) is 0 Å². The predicted octanol–water partition coefficient (Wildman–Crippen LogP) is 1.70. The van der Waals surface area contributed by atoms with Gasteiger partial charge >= 0.3 is 5.97 Å². The maximum Gasteiger partial charge on any atom is 0.346 e. The Kier molecular flexibility index (Phi) is 5.45. The molecule has 0 aromatic carbocycles. The molecule has 1 atom stereocenters. The Morgan fingerprint density at radius 2 is 2.38 bits per heavy atom. The predicted molar refractivity (Wildman–Crippen MR) is 63.9 cm³/mol. The number of rotatable bonds is 7. The van der Waals surface area contributed by atoms with Gasteiger partial charge in [0.1, 0.15) is 4.88 Å². The molecule has 3 N–H and O–H groups in total. The number of nitrogens with one attached hydrogen (secondary N) is 1. The van der Waals surface area contributed by atoms with Crippen LogP contribution < -0.4 is 5.32 Å². The summed E-state index contributed by atoms with van der Waals surface area (Å²) < 4.78 is 0. The second-order valence-corrected chi connectivity index (χ2v) is 4.57. The molecule has 0 aliphatic rings. The van der Waals surface area contributed by atoms with Gasteiger partial charge in [0, 0.05) is 13.1 Å². The van der Waals surface area contributed by atoms with Gasteiger partial charge in [-0.05, 0) is 23.4 Å². The molecule has 1 rings (SSSR count). The van der Waals surface area contributed by atoms with Gasteiger partial charge in [-0.15, -0.1) is 11.3 Å². The fraction of sp³-hybridized carbons (Fsp3) is 0.545. The summed E-state index contributed by atoms with van der Waals surface area (Å²) in [5, 5.41) is 23.2. The van der Waals surface area contributed by atoms with Gasteiger partial charge in [0.15, 0.2) is 0 Å². The van der Waals surface area contributed by atoms with E-state index in [0.29, 0.717) is 18.0 Å². The van der Waals surface area contributed by atoms with Crippen molar-refractivity contribution in [3.8, 4) is 0 Å². The van der Waals surface area contributed by atoms with E-state index in [1.807, 2.05) is 6.92 Å². The van der Waals surface area contributed by atoms with Gasteiger partial charge in [0.25, 0.3) is 0 Å². The van der Waals surface area contributed by atoms with Crippen LogP contribution in [0.25, 0.3) is 0 Å². The zero-order chi connectivity index (χ0) is 12.0. The summed E-state index contributed by atoms with van der Waals surface area (Å²) in [6.07, 6.45) is 1.36. The molecule has 0 aliphatic heterocycles. The lowest BCUT2D eigenvalue weighted by atomic mass is 10.2. The summed E-state index contributed by atoms with van der Waals surface area (Å²) in [5.41, 5.74) is 0.779. The molecule has 4 nitrogen and oxygen atoms in total. The van der Waals surface area contributed by atoms with E-state index >= 15 is 0 Å². The highest BCUT2D eigenvalue weighted by atomic mass is 32.1. The minimum atomic E-state index is -0.888. The zero-order valence-corrected chi connectivity index (χ0v) is 10.1. The van der Waals surface area contributed by atoms with Crippen LogP contribution >= 0.6 is 11.3 Å². The first-order chi connectivity index (χ1) is 7.65. The number of hydrogen-bond donors (Lipinski definition) is 3. The molecule has 1 aromatic rings. The van der Waals surface area contributed by atoms with Crippen molar-refractivity contribution >= 4 is 17.3 Å². The van der Waals surface area contributed by atoms with Gasteiger partial charge in [0.2, 0.25) is 0 Å². The molecule has 0 amide bonds. The van der Waals surface area contributed by atoms with Crippen molar-refractivity contribution in [2.24, 2.45) is 0 Å². The van der Waals surface area contributed by atoms with Crippen molar-refractivity contribution < 1.29 is 15.0 Å². The van der Waals surface area contributed by atoms with Crippen molar-refractivity contribution in [3.63, 3.8) is 0 Å². The molecular weight excluding hydrogens is 226 g/mol. The molecule has 1 unspecified atom stereocenters. The van der Waals surface area contributed by atoms with Crippen LogP contribution in [-0.2, 0) is 6.54 Å². The highest BCUT2D eigenvalue weighted by molar-refractivity contribution is 7.12. The van der Waals surface area contributed by atoms with Gasteiger partial charge in [-0.3, -0.25) is 0 Å². The summed E-state index contributed by atoms with van der Waals surface area (Å²) in [6.45, 7) is 3.01. The molecule has 5 heteroatoms. The van der Waals surface area contributed by atoms with Crippen molar-refractivity contribution in [2.75, 3.05) is 6.54 Å². The van der Waals surface area contributed by atoms with Crippen molar-refractivity contribution in [1.29, 1.82) is 0 Å². The third-order valence-corrected chi connectivity index (χ3v) is 3.20. The largest absolute Gasteiger partial charge is 0.477 e. The number of aliphatic hydroxyl groups excluding tert-OH is 1. The van der Waals surface area contributed by atoms with E-state index in [9.17, 15) is 9.90 Å². The standard InChI is InChI=1S/C11H17NO3S/c1-2-3-9(13)7-12-6-8-4-5-16-10(8)11(14)15/h4-5,9,12-13H,2-3,6-7H2,1H3,(H,14,15). The summed E-state index contributed by atoms with van der Waals surface area (Å²) in [4.78, 5) is 11.2. The second kappa shape index (κ2) is 6.62. The third kappa shape index (κ3) is 3.92. The van der Waals surface area contributed by atoms with Gasteiger partial charge in [-0.2, -0.15) is 0 Å². The number of thiophene rings is 1. The highest BCUT2D eigenvalue weighted by Gasteiger charge is 2.11. The third-order valence-electron chi connectivity index (χ3n) is 2.26. The molecule has 16 heavy (non-hydrogen) atoms. The van der Waals surface area contributed by atoms with Crippen LogP contribution in [0.5, 0.6) is 0 Å². The quantitative estimate of drug-likeness (QED) is 0.681. The van der Waals surface area contributed by atoms with E-state index in [-0.39, 0.29) is 6.10 Å². The van der Waals surface area contributed by atoms with Gasteiger partial charge < -0.3 is 15.5 Å². The second-order valence-electron chi connectivity index (χ2n) is 3.65. The Morgan fingerprint density at radius 1 is 1.62 bits per heavy atom. The molecule has 0 fully saturated rings. The molecule has 1 heterocycles. The minimum Gasteiger partial charge on any atom is -0.477 e. The molecule has 90 valence electrons. The van der Waals surface area contributed by atoms with Crippen LogP contribution in [0.3, 0.4) is 0 Å². The van der Waals surface area contributed by atoms with Crippen molar-refractivity contribution in [1.82, 2.24) is 5.32 Å². The van der Waals surface area contributed by atoms with Crippen LogP contribution in [-0.4, -0.2) is 28.8 Å². The maximum absolute atomic E-state index is 10.8. The summed E-state index contributed by atoms with van der Waals surface area (Å²) in [6, 6.07) is 1.80. The Labute approximate surface area is 98.9 Å². The van der Waals surface area contributed by atoms with E-state index in [0.717, 1.165) is 18.4 Å². The average molecular weight is 243 g/mol. The van der Waals surface area contributed by atoms with E-state index < -0.39 is 5.97 Å². The van der Waals surface area contributed by atoms with Gasteiger partial charge in [-0.25, -0.2) is 4.79 Å². The lowest BCUT2D eigenvalue weighted by molar-refractivity contribution is 0.0701. The Balaban J connectivity index is 2.37. The number of carboxylic acid groups (broad SMARTS) is 1. The van der Waals surface area contributed by atoms with E-state index in [1.165, 1.54) is 11.3 Å². The molecule has 0 saturated heterocycles. The fourth-order valence-electron chi connectivity index (χ4n) is 1.47. The van der Waals surface area contributed by atoms with E-state index in [4.69, 9.17) is 5.11 Å². The minimum absolute atomic E-state index is 0.350. The van der Waals surface area contributed by atoms with Gasteiger partial charge in [-0.1, -0.05) is 13.3 Å². The van der Waals surface area contributed by atoms with E-state index in [2.05, 4.69) is 5.32 Å². The van der Waals surface area contributed by atoms with Crippen LogP contribution in [0.4, 0.5) is 0 Å². The first-order valence-corrected chi connectivity index (χ1v) is 6.21. The van der Waals surface area contributed by atoms with Crippen LogP contribution in [0.1, 0.15) is 35.0 Å². The fourth-order valence-corrected chi connectivity index (χ4v) is 2.23. The molecule has 1 aromatic heterocycles. The lowest BCUT2D eigenvalue weighted by Gasteiger charge is -2.10. The Morgan fingerprint density at radius 3 is 3.00 bits per heavy atom. The number of aromatic carboxylic acids is 1. The summed E-state index contributed by atoms with van der Waals surface area (Å²) >= 11 is 1.22. The monoisotopic (exact) mass is 243 g/mol.